The molecule has 1 unspecified atom stereocenters. The molecule has 1 aliphatic rings. The van der Waals surface area contributed by atoms with Crippen LogP contribution >= 0.6 is 0 Å². The average Bonchev–Trinajstić information content (AvgIpc) is 3.23. The Hall–Kier alpha value is -2.38. The molecule has 1 aromatic heterocycles. The van der Waals surface area contributed by atoms with Gasteiger partial charge in [-0.3, -0.25) is 4.79 Å². The maximum absolute atomic E-state index is 12.5. The SMILES string of the molecule is CCC(=O)N1CCCC1c1ccc(-c2noc(C(F)(F)F)n2)cc1. The predicted octanol–water partition coefficient (Wildman–Crippen LogP) is 3.83. The summed E-state index contributed by atoms with van der Waals surface area (Å²) in [6.45, 7) is 2.56. The molecule has 5 nitrogen and oxygen atoms in total. The molecule has 24 heavy (non-hydrogen) atoms. The van der Waals surface area contributed by atoms with E-state index in [4.69, 9.17) is 0 Å². The summed E-state index contributed by atoms with van der Waals surface area (Å²) in [4.78, 5) is 17.2. The van der Waals surface area contributed by atoms with Crippen LogP contribution in [0, 0.1) is 0 Å². The van der Waals surface area contributed by atoms with E-state index in [0.717, 1.165) is 24.9 Å². The largest absolute Gasteiger partial charge is 0.471 e. The monoisotopic (exact) mass is 339 g/mol. The van der Waals surface area contributed by atoms with Crippen molar-refractivity contribution in [2.24, 2.45) is 0 Å². The van der Waals surface area contributed by atoms with Crippen molar-refractivity contribution in [3.05, 3.63) is 35.7 Å². The van der Waals surface area contributed by atoms with Gasteiger partial charge in [-0.2, -0.15) is 18.2 Å². The van der Waals surface area contributed by atoms with Crippen LogP contribution in [0.15, 0.2) is 28.8 Å². The summed E-state index contributed by atoms with van der Waals surface area (Å²) in [6, 6.07) is 6.90. The van der Waals surface area contributed by atoms with Crippen LogP contribution in [0.1, 0.15) is 43.7 Å². The van der Waals surface area contributed by atoms with Crippen LogP contribution in [0.2, 0.25) is 0 Å². The molecule has 3 rings (SSSR count). The molecule has 0 spiro atoms. The van der Waals surface area contributed by atoms with E-state index in [2.05, 4.69) is 14.7 Å². The number of benzene rings is 1. The van der Waals surface area contributed by atoms with Gasteiger partial charge in [0.05, 0.1) is 6.04 Å². The molecule has 2 aromatic rings. The van der Waals surface area contributed by atoms with E-state index in [1.165, 1.54) is 0 Å². The Morgan fingerprint density at radius 2 is 2.04 bits per heavy atom. The van der Waals surface area contributed by atoms with Gasteiger partial charge in [-0.25, -0.2) is 0 Å². The number of halogens is 3. The topological polar surface area (TPSA) is 59.2 Å². The fraction of sp³-hybridized carbons (Fsp3) is 0.438. The van der Waals surface area contributed by atoms with Gasteiger partial charge < -0.3 is 9.42 Å². The van der Waals surface area contributed by atoms with Gasteiger partial charge in [0, 0.05) is 18.5 Å². The summed E-state index contributed by atoms with van der Waals surface area (Å²) in [5, 5.41) is 3.37. The van der Waals surface area contributed by atoms with E-state index >= 15 is 0 Å². The third kappa shape index (κ3) is 3.13. The number of nitrogens with zero attached hydrogens (tertiary/aromatic N) is 3. The van der Waals surface area contributed by atoms with Crippen molar-refractivity contribution in [3.8, 4) is 11.4 Å². The zero-order valence-corrected chi connectivity index (χ0v) is 13.0. The van der Waals surface area contributed by atoms with Crippen molar-refractivity contribution in [2.75, 3.05) is 6.54 Å². The second-order valence-corrected chi connectivity index (χ2v) is 5.64. The maximum Gasteiger partial charge on any atom is 0.471 e. The van der Waals surface area contributed by atoms with E-state index in [-0.39, 0.29) is 17.8 Å². The summed E-state index contributed by atoms with van der Waals surface area (Å²) >= 11 is 0. The fourth-order valence-corrected chi connectivity index (χ4v) is 2.93. The van der Waals surface area contributed by atoms with Gasteiger partial charge >= 0.3 is 12.1 Å². The lowest BCUT2D eigenvalue weighted by Crippen LogP contribution is -2.29. The Morgan fingerprint density at radius 3 is 2.62 bits per heavy atom. The Bertz CT molecular complexity index is 725. The van der Waals surface area contributed by atoms with Crippen molar-refractivity contribution >= 4 is 5.91 Å². The number of alkyl halides is 3. The van der Waals surface area contributed by atoms with Gasteiger partial charge in [-0.15, -0.1) is 0 Å². The Kier molecular flexibility index (Phi) is 4.29. The summed E-state index contributed by atoms with van der Waals surface area (Å²) in [7, 11) is 0. The van der Waals surface area contributed by atoms with Crippen LogP contribution in [0.4, 0.5) is 13.2 Å². The third-order valence-electron chi connectivity index (χ3n) is 4.10. The smallest absolute Gasteiger partial charge is 0.336 e. The van der Waals surface area contributed by atoms with Gasteiger partial charge in [0.25, 0.3) is 0 Å². The molecule has 1 saturated heterocycles. The lowest BCUT2D eigenvalue weighted by Gasteiger charge is -2.24. The number of hydrogen-bond donors (Lipinski definition) is 0. The first-order valence-corrected chi connectivity index (χ1v) is 7.71. The summed E-state index contributed by atoms with van der Waals surface area (Å²) in [6.07, 6.45) is -2.38. The van der Waals surface area contributed by atoms with Gasteiger partial charge in [-0.1, -0.05) is 36.3 Å². The molecule has 1 aliphatic heterocycles. The summed E-state index contributed by atoms with van der Waals surface area (Å²) in [5.41, 5.74) is 1.39. The molecule has 1 amide bonds. The number of rotatable bonds is 3. The normalized spacial score (nSPS) is 18.2. The molecule has 2 heterocycles. The van der Waals surface area contributed by atoms with Crippen molar-refractivity contribution in [2.45, 2.75) is 38.4 Å². The molecule has 128 valence electrons. The maximum atomic E-state index is 12.5. The molecule has 0 saturated carbocycles. The van der Waals surface area contributed by atoms with E-state index in [9.17, 15) is 18.0 Å². The molecule has 0 radical (unpaired) electrons. The highest BCUT2D eigenvalue weighted by Gasteiger charge is 2.38. The quantitative estimate of drug-likeness (QED) is 0.853. The standard InChI is InChI=1S/C16H16F3N3O2/c1-2-13(23)22-9-3-4-12(22)10-5-7-11(8-6-10)14-20-15(24-21-14)16(17,18)19/h5-8,12H,2-4,9H2,1H3. The van der Waals surface area contributed by atoms with Crippen LogP contribution in [0.5, 0.6) is 0 Å². The van der Waals surface area contributed by atoms with Crippen LogP contribution in [-0.2, 0) is 11.0 Å². The highest BCUT2D eigenvalue weighted by Crippen LogP contribution is 2.34. The van der Waals surface area contributed by atoms with Crippen molar-refractivity contribution in [1.29, 1.82) is 0 Å². The number of carbonyl (C=O) groups excluding carboxylic acids is 1. The zero-order valence-electron chi connectivity index (χ0n) is 13.0. The number of aromatic nitrogens is 2. The Morgan fingerprint density at radius 1 is 1.33 bits per heavy atom. The molecular weight excluding hydrogens is 323 g/mol. The average molecular weight is 339 g/mol. The van der Waals surface area contributed by atoms with Gasteiger partial charge in [0.1, 0.15) is 0 Å². The predicted molar refractivity (Wildman–Crippen MR) is 78.7 cm³/mol. The zero-order chi connectivity index (χ0) is 17.3. The van der Waals surface area contributed by atoms with E-state index in [0.29, 0.717) is 12.0 Å². The lowest BCUT2D eigenvalue weighted by atomic mass is 10.0. The summed E-state index contributed by atoms with van der Waals surface area (Å²) in [5.74, 6) is -1.37. The van der Waals surface area contributed by atoms with Crippen molar-refractivity contribution in [3.63, 3.8) is 0 Å². The minimum atomic E-state index is -4.66. The molecule has 0 bridgehead atoms. The lowest BCUT2D eigenvalue weighted by molar-refractivity contribution is -0.159. The van der Waals surface area contributed by atoms with Crippen molar-refractivity contribution < 1.29 is 22.5 Å². The van der Waals surface area contributed by atoms with Gasteiger partial charge in [0.15, 0.2) is 0 Å². The second kappa shape index (κ2) is 6.26. The van der Waals surface area contributed by atoms with E-state index in [1.807, 2.05) is 11.8 Å². The first-order chi connectivity index (χ1) is 11.4. The third-order valence-corrected chi connectivity index (χ3v) is 4.10. The van der Waals surface area contributed by atoms with E-state index in [1.54, 1.807) is 24.3 Å². The molecule has 1 atom stereocenters. The van der Waals surface area contributed by atoms with Gasteiger partial charge in [-0.05, 0) is 18.4 Å². The van der Waals surface area contributed by atoms with E-state index < -0.39 is 12.1 Å². The molecule has 0 aliphatic carbocycles. The molecule has 1 fully saturated rings. The second-order valence-electron chi connectivity index (χ2n) is 5.64. The highest BCUT2D eigenvalue weighted by molar-refractivity contribution is 5.76. The minimum absolute atomic E-state index is 0.0162. The number of amides is 1. The Balaban J connectivity index is 1.81. The van der Waals surface area contributed by atoms with Crippen LogP contribution in [0.25, 0.3) is 11.4 Å². The molecule has 1 aromatic carbocycles. The number of carbonyl (C=O) groups is 1. The summed E-state index contributed by atoms with van der Waals surface area (Å²) < 4.78 is 41.7. The molecular formula is C16H16F3N3O2. The van der Waals surface area contributed by atoms with Crippen LogP contribution < -0.4 is 0 Å². The van der Waals surface area contributed by atoms with Crippen molar-refractivity contribution in [1.82, 2.24) is 15.0 Å². The van der Waals surface area contributed by atoms with Crippen LogP contribution in [0.3, 0.4) is 0 Å². The number of hydrogen-bond acceptors (Lipinski definition) is 4. The molecule has 0 N–H and O–H groups in total. The minimum Gasteiger partial charge on any atom is -0.336 e. The first-order valence-electron chi connectivity index (χ1n) is 7.71. The van der Waals surface area contributed by atoms with Gasteiger partial charge in [0.2, 0.25) is 11.7 Å². The first kappa shape index (κ1) is 16.5. The highest BCUT2D eigenvalue weighted by atomic mass is 19.4. The number of likely N-dealkylation sites (tertiary alicyclic amines) is 1. The van der Waals surface area contributed by atoms with Crippen LogP contribution in [-0.4, -0.2) is 27.5 Å². The Labute approximate surface area is 136 Å². The fourth-order valence-electron chi connectivity index (χ4n) is 2.93. The molecule has 8 heteroatoms.